The molecule has 0 radical (unpaired) electrons. The molecule has 0 bridgehead atoms. The van der Waals surface area contributed by atoms with Gasteiger partial charge in [0.1, 0.15) is 0 Å². The van der Waals surface area contributed by atoms with E-state index in [1.54, 1.807) is 0 Å². The first kappa shape index (κ1) is 14.0. The molecule has 0 amide bonds. The predicted molar refractivity (Wildman–Crippen MR) is 80.7 cm³/mol. The molecular formula is C15H21N5O. The number of hydrogen-bond acceptors (Lipinski definition) is 5. The largest absolute Gasteiger partial charge is 0.399 e. The summed E-state index contributed by atoms with van der Waals surface area (Å²) in [5.74, 6) is 0.771. The third-order valence-corrected chi connectivity index (χ3v) is 3.87. The molecule has 0 spiro atoms. The second kappa shape index (κ2) is 5.11. The van der Waals surface area contributed by atoms with E-state index in [0.29, 0.717) is 0 Å². The average molecular weight is 287 g/mol. The van der Waals surface area contributed by atoms with Crippen LogP contribution in [0.4, 0.5) is 5.69 Å². The first-order chi connectivity index (χ1) is 9.94. The number of aromatic nitrogens is 4. The minimum Gasteiger partial charge on any atom is -0.399 e. The Hall–Kier alpha value is -1.95. The molecule has 0 saturated carbocycles. The molecule has 2 aromatic rings. The van der Waals surface area contributed by atoms with E-state index < -0.39 is 0 Å². The van der Waals surface area contributed by atoms with Crippen molar-refractivity contribution in [1.82, 2.24) is 20.2 Å². The summed E-state index contributed by atoms with van der Waals surface area (Å²) in [5, 5.41) is 12.3. The van der Waals surface area contributed by atoms with Gasteiger partial charge in [-0.3, -0.25) is 0 Å². The van der Waals surface area contributed by atoms with Crippen molar-refractivity contribution >= 4 is 5.69 Å². The van der Waals surface area contributed by atoms with Crippen molar-refractivity contribution in [1.29, 1.82) is 0 Å². The number of ether oxygens (including phenoxy) is 1. The molecule has 1 fully saturated rings. The second-order valence-corrected chi connectivity index (χ2v) is 6.33. The van der Waals surface area contributed by atoms with E-state index in [1.807, 2.05) is 23.7 Å². The van der Waals surface area contributed by atoms with Crippen molar-refractivity contribution in [2.24, 2.45) is 0 Å². The summed E-state index contributed by atoms with van der Waals surface area (Å²) in [6.07, 6.45) is 1.81. The van der Waals surface area contributed by atoms with Gasteiger partial charge in [-0.05, 0) is 67.8 Å². The molecule has 21 heavy (non-hydrogen) atoms. The Morgan fingerprint density at radius 3 is 2.86 bits per heavy atom. The Kier molecular flexibility index (Phi) is 3.41. The quantitative estimate of drug-likeness (QED) is 0.858. The van der Waals surface area contributed by atoms with Crippen LogP contribution in [0, 0.1) is 6.92 Å². The van der Waals surface area contributed by atoms with Crippen LogP contribution in [0.25, 0.3) is 11.4 Å². The van der Waals surface area contributed by atoms with Crippen LogP contribution in [0.1, 0.15) is 38.3 Å². The third-order valence-electron chi connectivity index (χ3n) is 3.87. The molecule has 112 valence electrons. The Labute approximate surface area is 124 Å². The van der Waals surface area contributed by atoms with Gasteiger partial charge in [0.25, 0.3) is 0 Å². The van der Waals surface area contributed by atoms with Crippen LogP contribution in [-0.2, 0) is 4.74 Å². The van der Waals surface area contributed by atoms with E-state index in [2.05, 4.69) is 35.4 Å². The van der Waals surface area contributed by atoms with Gasteiger partial charge in [-0.15, -0.1) is 5.10 Å². The van der Waals surface area contributed by atoms with Crippen molar-refractivity contribution in [2.45, 2.75) is 45.3 Å². The molecule has 3 rings (SSSR count). The highest BCUT2D eigenvalue weighted by molar-refractivity contribution is 5.62. The van der Waals surface area contributed by atoms with Gasteiger partial charge < -0.3 is 10.5 Å². The lowest BCUT2D eigenvalue weighted by Crippen LogP contribution is -2.35. The van der Waals surface area contributed by atoms with Gasteiger partial charge in [0.15, 0.2) is 5.82 Å². The molecule has 1 aromatic carbocycles. The van der Waals surface area contributed by atoms with Crippen LogP contribution in [0.3, 0.4) is 0 Å². The fraction of sp³-hybridized carbons (Fsp3) is 0.533. The number of rotatable bonds is 2. The lowest BCUT2D eigenvalue weighted by atomic mass is 9.94. The molecule has 1 unspecified atom stereocenters. The van der Waals surface area contributed by atoms with Gasteiger partial charge >= 0.3 is 0 Å². The van der Waals surface area contributed by atoms with Gasteiger partial charge in [-0.1, -0.05) is 0 Å². The molecule has 2 heterocycles. The molecular weight excluding hydrogens is 266 g/mol. The maximum Gasteiger partial charge on any atom is 0.182 e. The third kappa shape index (κ3) is 2.90. The van der Waals surface area contributed by atoms with Gasteiger partial charge in [-0.2, -0.15) is 0 Å². The fourth-order valence-electron chi connectivity index (χ4n) is 2.98. The first-order valence-electron chi connectivity index (χ1n) is 7.24. The minimum absolute atomic E-state index is 0.141. The maximum absolute atomic E-state index is 5.94. The summed E-state index contributed by atoms with van der Waals surface area (Å²) in [7, 11) is 0. The molecule has 6 nitrogen and oxygen atoms in total. The fourth-order valence-corrected chi connectivity index (χ4v) is 2.98. The van der Waals surface area contributed by atoms with Crippen molar-refractivity contribution in [2.75, 3.05) is 12.3 Å². The normalized spacial score (nSPS) is 21.4. The molecule has 0 aliphatic carbocycles. The van der Waals surface area contributed by atoms with Crippen LogP contribution in [0.5, 0.6) is 0 Å². The monoisotopic (exact) mass is 287 g/mol. The molecule has 2 N–H and O–H groups in total. The molecule has 6 heteroatoms. The van der Waals surface area contributed by atoms with Crippen molar-refractivity contribution in [3.63, 3.8) is 0 Å². The summed E-state index contributed by atoms with van der Waals surface area (Å²) in [4.78, 5) is 0. The Morgan fingerprint density at radius 2 is 2.14 bits per heavy atom. The van der Waals surface area contributed by atoms with Crippen LogP contribution in [-0.4, -0.2) is 32.4 Å². The summed E-state index contributed by atoms with van der Waals surface area (Å²) >= 11 is 0. The van der Waals surface area contributed by atoms with E-state index in [0.717, 1.165) is 42.1 Å². The number of anilines is 1. The summed E-state index contributed by atoms with van der Waals surface area (Å²) < 4.78 is 7.69. The number of aryl methyl sites for hydroxylation is 1. The Bertz CT molecular complexity index is 629. The summed E-state index contributed by atoms with van der Waals surface area (Å²) in [6.45, 7) is 6.96. The topological polar surface area (TPSA) is 78.9 Å². The van der Waals surface area contributed by atoms with Crippen molar-refractivity contribution in [3.05, 3.63) is 23.8 Å². The number of benzene rings is 1. The molecule has 1 aliphatic heterocycles. The highest BCUT2D eigenvalue weighted by Crippen LogP contribution is 2.33. The Morgan fingerprint density at radius 1 is 1.33 bits per heavy atom. The van der Waals surface area contributed by atoms with E-state index in [1.165, 1.54) is 0 Å². The van der Waals surface area contributed by atoms with Crippen molar-refractivity contribution in [3.8, 4) is 11.4 Å². The van der Waals surface area contributed by atoms with Crippen molar-refractivity contribution < 1.29 is 4.74 Å². The van der Waals surface area contributed by atoms with Crippen LogP contribution >= 0.6 is 0 Å². The van der Waals surface area contributed by atoms with E-state index >= 15 is 0 Å². The second-order valence-electron chi connectivity index (χ2n) is 6.33. The smallest absolute Gasteiger partial charge is 0.182 e. The highest BCUT2D eigenvalue weighted by atomic mass is 16.5. The minimum atomic E-state index is -0.141. The van der Waals surface area contributed by atoms with Crippen LogP contribution in [0.15, 0.2) is 18.2 Å². The van der Waals surface area contributed by atoms with E-state index in [9.17, 15) is 0 Å². The van der Waals surface area contributed by atoms with Gasteiger partial charge in [0, 0.05) is 17.9 Å². The maximum atomic E-state index is 5.94. The SMILES string of the molecule is Cc1cc(N)cc(-c2nnnn2C2CCOC(C)(C)C2)c1. The first-order valence-corrected chi connectivity index (χ1v) is 7.24. The molecule has 1 saturated heterocycles. The van der Waals surface area contributed by atoms with Crippen LogP contribution in [0.2, 0.25) is 0 Å². The standard InChI is InChI=1S/C15H21N5O/c1-10-6-11(8-12(16)7-10)14-17-18-19-20(14)13-4-5-21-15(2,3)9-13/h6-8,13H,4-5,9,16H2,1-3H3. The number of tetrazole rings is 1. The Balaban J connectivity index is 1.97. The highest BCUT2D eigenvalue weighted by Gasteiger charge is 2.32. The van der Waals surface area contributed by atoms with E-state index in [-0.39, 0.29) is 11.6 Å². The number of nitrogens with two attached hydrogens (primary N) is 1. The van der Waals surface area contributed by atoms with Crippen LogP contribution < -0.4 is 5.73 Å². The van der Waals surface area contributed by atoms with Gasteiger partial charge in [-0.25, -0.2) is 4.68 Å². The summed E-state index contributed by atoms with van der Waals surface area (Å²) in [6, 6.07) is 6.17. The molecule has 1 atom stereocenters. The lowest BCUT2D eigenvalue weighted by molar-refractivity contribution is -0.0707. The van der Waals surface area contributed by atoms with Gasteiger partial charge in [0.05, 0.1) is 11.6 Å². The zero-order valence-electron chi connectivity index (χ0n) is 12.7. The average Bonchev–Trinajstić information content (AvgIpc) is 2.85. The lowest BCUT2D eigenvalue weighted by Gasteiger charge is -2.35. The zero-order valence-corrected chi connectivity index (χ0v) is 12.7. The number of nitrogen functional groups attached to an aromatic ring is 1. The number of nitrogens with zero attached hydrogens (tertiary/aromatic N) is 4. The molecule has 1 aliphatic rings. The predicted octanol–water partition coefficient (Wildman–Crippen LogP) is 2.36. The van der Waals surface area contributed by atoms with Gasteiger partial charge in [0.2, 0.25) is 0 Å². The molecule has 1 aromatic heterocycles. The number of hydrogen-bond donors (Lipinski definition) is 1. The zero-order chi connectivity index (χ0) is 15.0. The van der Waals surface area contributed by atoms with E-state index in [4.69, 9.17) is 10.5 Å². The summed E-state index contributed by atoms with van der Waals surface area (Å²) in [5.41, 5.74) is 8.59.